The first kappa shape index (κ1) is 42.3. The normalized spacial score (nSPS) is 15.8. The van der Waals surface area contributed by atoms with Crippen LogP contribution in [0.2, 0.25) is 0 Å². The number of hydrogen-bond acceptors (Lipinski definition) is 16. The number of aromatic nitrogens is 4. The number of rotatable bonds is 20. The molecule has 20 nitrogen and oxygen atoms in total. The van der Waals surface area contributed by atoms with E-state index in [4.69, 9.17) is 16.3 Å². The molecular formula is C29H37N11O9PS4+. The fourth-order valence-electron chi connectivity index (χ4n) is 4.65. The third-order valence-electron chi connectivity index (χ3n) is 7.14. The molecule has 1 aliphatic heterocycles. The molecule has 0 fully saturated rings. The number of carboxylic acids is 1. The highest BCUT2D eigenvalue weighted by atomic mass is 32.2. The molecule has 1 unspecified atom stereocenters. The van der Waals surface area contributed by atoms with Gasteiger partial charge in [-0.2, -0.15) is 9.36 Å². The number of carbonyl (C=O) groups excluding carboxylic acids is 3. The summed E-state index contributed by atoms with van der Waals surface area (Å²) in [5, 5.41) is 22.0. The first-order valence-electron chi connectivity index (χ1n) is 15.8. The van der Waals surface area contributed by atoms with Crippen molar-refractivity contribution < 1.29 is 48.0 Å². The van der Waals surface area contributed by atoms with E-state index in [9.17, 15) is 38.6 Å². The van der Waals surface area contributed by atoms with Crippen molar-refractivity contribution in [1.29, 1.82) is 0 Å². The molecule has 25 heteroatoms. The fourth-order valence-corrected chi connectivity index (χ4v) is 9.26. The third kappa shape index (κ3) is 12.6. The zero-order chi connectivity index (χ0) is 39.4. The number of thioether (sulfide) groups is 2. The van der Waals surface area contributed by atoms with Gasteiger partial charge in [-0.1, -0.05) is 16.9 Å². The van der Waals surface area contributed by atoms with E-state index >= 15 is 0 Å². The highest BCUT2D eigenvalue weighted by Gasteiger charge is 2.38. The number of oxime groups is 1. The Balaban J connectivity index is 1.62. The average molecular weight is 843 g/mol. The molecule has 0 spiro atoms. The van der Waals surface area contributed by atoms with Crippen molar-refractivity contribution in [2.75, 3.05) is 24.0 Å². The van der Waals surface area contributed by atoms with Gasteiger partial charge < -0.3 is 46.6 Å². The van der Waals surface area contributed by atoms with Crippen LogP contribution in [0.3, 0.4) is 0 Å². The largest absolute Gasteiger partial charge is 0.477 e. The number of pyridine rings is 1. The van der Waals surface area contributed by atoms with Gasteiger partial charge >= 0.3 is 13.7 Å². The first-order chi connectivity index (χ1) is 25.7. The van der Waals surface area contributed by atoms with Crippen molar-refractivity contribution in [3.8, 4) is 11.3 Å². The summed E-state index contributed by atoms with van der Waals surface area (Å²) >= 11 is 4.22. The van der Waals surface area contributed by atoms with Crippen LogP contribution in [0.1, 0.15) is 32.0 Å². The van der Waals surface area contributed by atoms with Crippen molar-refractivity contribution in [2.45, 2.75) is 41.9 Å². The summed E-state index contributed by atoms with van der Waals surface area (Å²) in [6.07, 6.45) is 4.19. The topological polar surface area (TPSA) is 311 Å². The molecular weight excluding hydrogens is 806 g/mol. The lowest BCUT2D eigenvalue weighted by Crippen LogP contribution is -2.49. The van der Waals surface area contributed by atoms with E-state index in [2.05, 4.69) is 35.1 Å². The van der Waals surface area contributed by atoms with Crippen molar-refractivity contribution in [3.63, 3.8) is 0 Å². The average Bonchev–Trinajstić information content (AvgIpc) is 3.78. The maximum Gasteiger partial charge on any atom is 0.429 e. The number of aliphatic imine (C=N–C) groups is 1. The molecule has 0 saturated heterocycles. The van der Waals surface area contributed by atoms with Crippen LogP contribution < -0.4 is 31.8 Å². The monoisotopic (exact) mass is 842 g/mol. The highest BCUT2D eigenvalue weighted by Crippen LogP contribution is 2.40. The number of guanidine groups is 1. The number of thiazole rings is 1. The smallest absolute Gasteiger partial charge is 0.429 e. The molecule has 10 N–H and O–H groups in total. The molecule has 0 saturated carbocycles. The molecule has 0 bridgehead atoms. The van der Waals surface area contributed by atoms with Crippen LogP contribution in [0.25, 0.3) is 11.3 Å². The van der Waals surface area contributed by atoms with Crippen molar-refractivity contribution >= 4 is 94.9 Å². The molecule has 0 aromatic carbocycles. The number of carboxylic acid groups (broad SMARTS) is 1. The minimum absolute atomic E-state index is 0.0250. The van der Waals surface area contributed by atoms with Gasteiger partial charge in [0, 0.05) is 58.2 Å². The number of aldehydes is 1. The van der Waals surface area contributed by atoms with E-state index < -0.39 is 54.9 Å². The quantitative estimate of drug-likeness (QED) is 0.0148. The number of aliphatic carboxylic acids is 1. The number of Topliss-reactive ketones (excluding diaryl/α,β-unsaturated/α-hetero) is 1. The maximum atomic E-state index is 13.9. The summed E-state index contributed by atoms with van der Waals surface area (Å²) in [4.78, 5) is 88.9. The summed E-state index contributed by atoms with van der Waals surface area (Å²) in [5.74, 6) is -4.51. The Bertz CT molecular complexity index is 1960. The summed E-state index contributed by atoms with van der Waals surface area (Å²) in [7, 11) is -2.87. The molecule has 3 aromatic heterocycles. The first-order valence-corrected chi connectivity index (χ1v) is 21.0. The molecule has 3 atom stereocenters. The van der Waals surface area contributed by atoms with Gasteiger partial charge in [0.2, 0.25) is 16.9 Å². The predicted molar refractivity (Wildman–Crippen MR) is 203 cm³/mol. The minimum Gasteiger partial charge on any atom is -0.477 e. The Morgan fingerprint density at radius 3 is 2.65 bits per heavy atom. The van der Waals surface area contributed by atoms with Gasteiger partial charge in [0.25, 0.3) is 0 Å². The lowest BCUT2D eigenvalue weighted by molar-refractivity contribution is -0.671. The fraction of sp³-hybridized carbons (Fsp3) is 0.379. The van der Waals surface area contributed by atoms with Gasteiger partial charge in [-0.05, 0) is 19.8 Å². The zero-order valence-electron chi connectivity index (χ0n) is 28.6. The molecule has 0 radical (unpaired) electrons. The molecule has 54 heavy (non-hydrogen) atoms. The lowest BCUT2D eigenvalue weighted by atomic mass is 9.97. The number of nitrogens with one attached hydrogen (secondary N) is 3. The predicted octanol–water partition coefficient (Wildman–Crippen LogP) is 0.795. The van der Waals surface area contributed by atoms with Crippen LogP contribution in [0.4, 0.5) is 5.13 Å². The third-order valence-corrected chi connectivity index (χ3v) is 11.9. The van der Waals surface area contributed by atoms with Crippen molar-refractivity contribution in [1.82, 2.24) is 25.0 Å². The van der Waals surface area contributed by atoms with Crippen LogP contribution in [-0.2, 0) is 35.6 Å². The Kier molecular flexibility index (Phi) is 15.5. The second-order valence-electron chi connectivity index (χ2n) is 11.2. The van der Waals surface area contributed by atoms with E-state index in [1.807, 2.05) is 46.6 Å². The van der Waals surface area contributed by atoms with Crippen LogP contribution in [0.15, 0.2) is 55.0 Å². The summed E-state index contributed by atoms with van der Waals surface area (Å²) in [5.41, 5.74) is 11.7. The van der Waals surface area contributed by atoms with Crippen LogP contribution in [0.5, 0.6) is 0 Å². The highest BCUT2D eigenvalue weighted by molar-refractivity contribution is 8.07. The van der Waals surface area contributed by atoms with Crippen molar-refractivity contribution in [3.05, 3.63) is 46.3 Å². The molecule has 1 aliphatic rings. The number of hydrogen-bond donors (Lipinski definition) is 8. The number of aryl methyl sites for hydroxylation is 1. The number of carbonyl (C=O) groups is 4. The number of anilines is 1. The second kappa shape index (κ2) is 19.8. The Morgan fingerprint density at radius 2 is 2.00 bits per heavy atom. The summed E-state index contributed by atoms with van der Waals surface area (Å²) < 4.78 is 17.9. The van der Waals surface area contributed by atoms with E-state index in [1.165, 1.54) is 23.1 Å². The van der Waals surface area contributed by atoms with Gasteiger partial charge in [0.15, 0.2) is 34.2 Å². The van der Waals surface area contributed by atoms with Crippen LogP contribution in [0, 0.1) is 5.92 Å². The standard InChI is InChI=1S/C29H36N11O9PS4/c1-3-49-37-21(23-36-28(54-39-23)38-50(46,47)48)19(42)11-17(24(43)33-16(12-41)5-4-8-32-27(30)31)25-35-22(26(44)45)20(14-51-25)53-29-34-18(13-52-29)15-6-9-40(2)10-7-15/h6-7,9-10,12-13,16-17,25,35H,3-5,8,11,14H2,1-2H3,(H8-,30,31,32,33,36,38,39,43,44,45,46,47,48)/p+1/b37-21+/t16?,17-,25-/m1/s1. The Hall–Kier alpha value is -4.45. The van der Waals surface area contributed by atoms with Gasteiger partial charge in [-0.25, -0.2) is 18.9 Å². The van der Waals surface area contributed by atoms with Crippen LogP contribution >= 0.6 is 54.1 Å². The van der Waals surface area contributed by atoms with E-state index in [-0.39, 0.29) is 47.9 Å². The molecule has 1 amide bonds. The van der Waals surface area contributed by atoms with Gasteiger partial charge in [0.1, 0.15) is 25.6 Å². The van der Waals surface area contributed by atoms with E-state index in [0.29, 0.717) is 33.5 Å². The number of nitrogens with two attached hydrogens (primary N) is 2. The van der Waals surface area contributed by atoms with E-state index in [1.54, 1.807) is 6.92 Å². The Morgan fingerprint density at radius 1 is 1.26 bits per heavy atom. The second-order valence-corrected chi connectivity index (χ2v) is 16.6. The zero-order valence-corrected chi connectivity index (χ0v) is 32.8. The summed E-state index contributed by atoms with van der Waals surface area (Å²) in [6.45, 7) is 1.81. The summed E-state index contributed by atoms with van der Waals surface area (Å²) in [6, 6.07) is 2.82. The SMILES string of the molecule is CCO/N=C(\C(=O)C[C@H](C(=O)NC(C=O)CCCN=C(N)N)[C@@H]1NC(C(=O)O)=C(Sc2nc(-c3cc[n+](C)cc3)cs2)CS1)c1nsc(NP(=O)(O)O)n1. The molecule has 4 rings (SSSR count). The Labute approximate surface area is 324 Å². The number of nitrogens with zero attached hydrogens (tertiary/aromatic N) is 6. The van der Waals surface area contributed by atoms with Crippen molar-refractivity contribution in [2.24, 2.45) is 34.6 Å². The molecule has 0 aliphatic carbocycles. The van der Waals surface area contributed by atoms with Gasteiger partial charge in [-0.15, -0.1) is 23.1 Å². The maximum absolute atomic E-state index is 13.9. The molecule has 4 heterocycles. The lowest BCUT2D eigenvalue weighted by Gasteiger charge is -2.32. The number of ketones is 1. The molecule has 290 valence electrons. The number of amides is 1. The minimum atomic E-state index is -4.76. The van der Waals surface area contributed by atoms with Gasteiger partial charge in [0.05, 0.1) is 23.0 Å². The van der Waals surface area contributed by atoms with E-state index in [0.717, 1.165) is 23.0 Å². The van der Waals surface area contributed by atoms with Gasteiger partial charge in [-0.3, -0.25) is 19.7 Å². The molecule has 3 aromatic rings. The van der Waals surface area contributed by atoms with Crippen LogP contribution in [-0.4, -0.2) is 95.2 Å².